The van der Waals surface area contributed by atoms with Gasteiger partial charge < -0.3 is 15.0 Å². The normalized spacial score (nSPS) is 25.0. The van der Waals surface area contributed by atoms with Crippen molar-refractivity contribution < 1.29 is 19.1 Å². The van der Waals surface area contributed by atoms with Crippen LogP contribution >= 0.6 is 23.2 Å². The second-order valence-electron chi connectivity index (χ2n) is 12.7. The highest BCUT2D eigenvalue weighted by molar-refractivity contribution is 6.31. The molecule has 1 amide bonds. The van der Waals surface area contributed by atoms with Gasteiger partial charge in [-0.05, 0) is 53.8 Å². The number of fused-ring (bicyclic) bond motifs is 7. The number of aromatic nitrogens is 2. The molecular formula is C32H29Cl2FN4O3. The van der Waals surface area contributed by atoms with Crippen LogP contribution in [-0.4, -0.2) is 44.0 Å². The average Bonchev–Trinajstić information content (AvgIpc) is 3.53. The zero-order chi connectivity index (χ0) is 29.7. The SMILES string of the molecule is CC(C)(C)CN1[C@H]2CCn3c(nc4cc(C(=O)O)ccc43)[C@H]2[C@H](c2cccc(Cl)c2F)[C@]12C(=O)Nc1cc(Cl)ccc12. The van der Waals surface area contributed by atoms with Gasteiger partial charge in [-0.2, -0.15) is 0 Å². The van der Waals surface area contributed by atoms with Crippen LogP contribution < -0.4 is 5.32 Å². The maximum Gasteiger partial charge on any atom is 0.335 e. The van der Waals surface area contributed by atoms with Crippen molar-refractivity contribution in [3.05, 3.63) is 93.0 Å². The summed E-state index contributed by atoms with van der Waals surface area (Å²) < 4.78 is 18.3. The van der Waals surface area contributed by atoms with E-state index in [1.165, 1.54) is 6.07 Å². The van der Waals surface area contributed by atoms with Crippen molar-refractivity contribution >= 4 is 51.8 Å². The number of carbonyl (C=O) groups excluding carboxylic acids is 1. The summed E-state index contributed by atoms with van der Waals surface area (Å²) in [5.74, 6) is -2.22. The van der Waals surface area contributed by atoms with Crippen LogP contribution in [0.2, 0.25) is 10.0 Å². The minimum absolute atomic E-state index is 0.0152. The molecule has 3 aliphatic rings. The number of carboxylic acid groups (broad SMARTS) is 1. The number of benzene rings is 3. The second kappa shape index (κ2) is 9.27. The summed E-state index contributed by atoms with van der Waals surface area (Å²) in [6, 6.07) is 15.1. The number of nitrogens with zero attached hydrogens (tertiary/aromatic N) is 3. The minimum Gasteiger partial charge on any atom is -0.478 e. The van der Waals surface area contributed by atoms with Crippen molar-refractivity contribution in [2.75, 3.05) is 11.9 Å². The third-order valence-corrected chi connectivity index (χ3v) is 9.52. The van der Waals surface area contributed by atoms with Gasteiger partial charge in [0.2, 0.25) is 5.91 Å². The predicted octanol–water partition coefficient (Wildman–Crippen LogP) is 7.03. The van der Waals surface area contributed by atoms with Gasteiger partial charge in [-0.3, -0.25) is 9.69 Å². The van der Waals surface area contributed by atoms with E-state index in [-0.39, 0.29) is 28.0 Å². The van der Waals surface area contributed by atoms with Crippen molar-refractivity contribution in [2.24, 2.45) is 5.41 Å². The lowest BCUT2D eigenvalue weighted by Crippen LogP contribution is -2.54. The van der Waals surface area contributed by atoms with E-state index in [9.17, 15) is 14.7 Å². The lowest BCUT2D eigenvalue weighted by Gasteiger charge is -2.43. The maximum atomic E-state index is 16.2. The minimum atomic E-state index is -1.27. The first-order valence-electron chi connectivity index (χ1n) is 14.0. The topological polar surface area (TPSA) is 87.5 Å². The van der Waals surface area contributed by atoms with Crippen LogP contribution in [0.15, 0.2) is 54.6 Å². The number of aromatic carboxylic acids is 1. The van der Waals surface area contributed by atoms with Crippen LogP contribution in [0.1, 0.15) is 66.3 Å². The molecule has 4 heterocycles. The van der Waals surface area contributed by atoms with Crippen LogP contribution in [-0.2, 0) is 16.9 Å². The number of imidazole rings is 1. The first-order valence-corrected chi connectivity index (χ1v) is 14.7. The summed E-state index contributed by atoms with van der Waals surface area (Å²) in [4.78, 5) is 33.6. The highest BCUT2D eigenvalue weighted by Crippen LogP contribution is 2.64. The number of carboxylic acids is 1. The van der Waals surface area contributed by atoms with Gasteiger partial charge in [0.15, 0.2) is 0 Å². The lowest BCUT2D eigenvalue weighted by atomic mass is 9.70. The van der Waals surface area contributed by atoms with Crippen LogP contribution in [0.5, 0.6) is 0 Å². The molecule has 42 heavy (non-hydrogen) atoms. The Morgan fingerprint density at radius 1 is 1.17 bits per heavy atom. The zero-order valence-electron chi connectivity index (χ0n) is 23.3. The molecule has 7 rings (SSSR count). The van der Waals surface area contributed by atoms with E-state index in [0.717, 1.165) is 11.1 Å². The van der Waals surface area contributed by atoms with Crippen molar-refractivity contribution in [2.45, 2.75) is 57.2 Å². The Morgan fingerprint density at radius 3 is 2.69 bits per heavy atom. The molecule has 0 aliphatic carbocycles. The summed E-state index contributed by atoms with van der Waals surface area (Å²) in [7, 11) is 0. The molecule has 216 valence electrons. The molecule has 7 nitrogen and oxygen atoms in total. The van der Waals surface area contributed by atoms with Gasteiger partial charge in [-0.25, -0.2) is 14.2 Å². The van der Waals surface area contributed by atoms with Gasteiger partial charge in [-0.1, -0.05) is 62.2 Å². The summed E-state index contributed by atoms with van der Waals surface area (Å²) in [6.07, 6.45) is 0.691. The molecule has 0 unspecified atom stereocenters. The standard InChI is InChI=1S/C32H29Cl2FN4O3/c1-31(2,3)15-39-24-11-12-38-23-10-7-16(29(40)41)13-22(23)36-28(38)25(24)26(18-5-4-6-20(34)27(18)35)32(39)19-9-8-17(33)14-21(19)37-30(32)42/h4-10,13-14,24-26H,11-12,15H2,1-3H3,(H,37,42)(H,40,41)/t24-,25+,26-,32+/m0/s1. The molecule has 0 radical (unpaired) electrons. The van der Waals surface area contributed by atoms with Gasteiger partial charge in [0.05, 0.1) is 21.6 Å². The first kappa shape index (κ1) is 27.4. The monoisotopic (exact) mass is 606 g/mol. The van der Waals surface area contributed by atoms with E-state index in [4.69, 9.17) is 28.2 Å². The molecule has 0 saturated carbocycles. The maximum absolute atomic E-state index is 16.2. The number of likely N-dealkylation sites (tertiary alicyclic amines) is 1. The molecule has 4 aromatic rings. The number of rotatable bonds is 3. The number of carbonyl (C=O) groups is 2. The number of hydrogen-bond donors (Lipinski definition) is 2. The molecule has 2 N–H and O–H groups in total. The number of halogens is 3. The summed E-state index contributed by atoms with van der Waals surface area (Å²) in [5.41, 5.74) is 1.74. The Balaban J connectivity index is 1.56. The first-order chi connectivity index (χ1) is 19.9. The number of hydrogen-bond acceptors (Lipinski definition) is 4. The molecular weight excluding hydrogens is 578 g/mol. The Bertz CT molecular complexity index is 1820. The molecule has 1 saturated heterocycles. The predicted molar refractivity (Wildman–Crippen MR) is 160 cm³/mol. The van der Waals surface area contributed by atoms with E-state index in [1.807, 2.05) is 6.07 Å². The Hall–Kier alpha value is -3.46. The smallest absolute Gasteiger partial charge is 0.335 e. The Morgan fingerprint density at radius 2 is 1.95 bits per heavy atom. The highest BCUT2D eigenvalue weighted by atomic mass is 35.5. The Labute approximate surface area is 252 Å². The van der Waals surface area contributed by atoms with Gasteiger partial charge in [-0.15, -0.1) is 0 Å². The largest absolute Gasteiger partial charge is 0.478 e. The fraction of sp³-hybridized carbons (Fsp3) is 0.344. The second-order valence-corrected chi connectivity index (χ2v) is 13.6. The van der Waals surface area contributed by atoms with Crippen molar-refractivity contribution in [3.63, 3.8) is 0 Å². The Kier molecular flexibility index (Phi) is 6.04. The number of anilines is 1. The number of amides is 1. The van der Waals surface area contributed by atoms with Crippen LogP contribution in [0.3, 0.4) is 0 Å². The zero-order valence-corrected chi connectivity index (χ0v) is 24.8. The molecule has 1 aromatic heterocycles. The average molecular weight is 608 g/mol. The third-order valence-electron chi connectivity index (χ3n) is 9.00. The van der Waals surface area contributed by atoms with E-state index in [0.29, 0.717) is 47.1 Å². The fourth-order valence-electron chi connectivity index (χ4n) is 7.62. The fourth-order valence-corrected chi connectivity index (χ4v) is 7.98. The molecule has 10 heteroatoms. The van der Waals surface area contributed by atoms with Gasteiger partial charge in [0.1, 0.15) is 17.2 Å². The summed E-state index contributed by atoms with van der Waals surface area (Å²) >= 11 is 12.8. The van der Waals surface area contributed by atoms with E-state index in [1.54, 1.807) is 42.5 Å². The molecule has 3 aromatic carbocycles. The quantitative estimate of drug-likeness (QED) is 0.261. The van der Waals surface area contributed by atoms with Crippen molar-refractivity contribution in [1.82, 2.24) is 14.5 Å². The van der Waals surface area contributed by atoms with Gasteiger partial charge in [0, 0.05) is 47.2 Å². The molecule has 1 spiro atoms. The molecule has 3 aliphatic heterocycles. The van der Waals surface area contributed by atoms with Crippen LogP contribution in [0.4, 0.5) is 10.1 Å². The molecule has 4 atom stereocenters. The van der Waals surface area contributed by atoms with Gasteiger partial charge >= 0.3 is 5.97 Å². The summed E-state index contributed by atoms with van der Waals surface area (Å²) in [6.45, 7) is 7.57. The number of nitrogens with one attached hydrogen (secondary N) is 1. The summed E-state index contributed by atoms with van der Waals surface area (Å²) in [5, 5.41) is 13.2. The van der Waals surface area contributed by atoms with Crippen molar-refractivity contribution in [1.29, 1.82) is 0 Å². The third kappa shape index (κ3) is 3.78. The van der Waals surface area contributed by atoms with Crippen molar-refractivity contribution in [3.8, 4) is 0 Å². The molecule has 0 bridgehead atoms. The van der Waals surface area contributed by atoms with Gasteiger partial charge in [0.25, 0.3) is 0 Å². The van der Waals surface area contributed by atoms with Crippen LogP contribution in [0, 0.1) is 11.2 Å². The van der Waals surface area contributed by atoms with E-state index < -0.39 is 29.2 Å². The molecule has 1 fully saturated rings. The highest BCUT2D eigenvalue weighted by Gasteiger charge is 2.68. The lowest BCUT2D eigenvalue weighted by molar-refractivity contribution is -0.128. The van der Waals surface area contributed by atoms with Crippen LogP contribution in [0.25, 0.3) is 11.0 Å². The van der Waals surface area contributed by atoms with E-state index in [2.05, 4.69) is 35.6 Å². The number of aryl methyl sites for hydroxylation is 1. The van der Waals surface area contributed by atoms with E-state index >= 15 is 4.39 Å².